The molecule has 1 aliphatic rings. The molecule has 0 amide bonds. The van der Waals surface area contributed by atoms with Crippen molar-refractivity contribution in [2.24, 2.45) is 0 Å². The lowest BCUT2D eigenvalue weighted by molar-refractivity contribution is -0.134. The van der Waals surface area contributed by atoms with Crippen LogP contribution in [0.15, 0.2) is 12.7 Å². The van der Waals surface area contributed by atoms with Gasteiger partial charge in [0.25, 0.3) is 0 Å². The quantitative estimate of drug-likeness (QED) is 0.472. The van der Waals surface area contributed by atoms with Gasteiger partial charge in [0.15, 0.2) is 11.5 Å². The maximum atomic E-state index is 11.6. The Morgan fingerprint density at radius 2 is 2.24 bits per heavy atom. The monoisotopic (exact) mass is 373 g/mol. The predicted molar refractivity (Wildman–Crippen MR) is 82.5 cm³/mol. The fourth-order valence-corrected chi connectivity index (χ4v) is 3.34. The van der Waals surface area contributed by atoms with Gasteiger partial charge in [-0.3, -0.25) is 13.9 Å². The Bertz CT molecular complexity index is 842. The molecule has 1 unspecified atom stereocenters. The molecule has 1 aliphatic heterocycles. The SMILES string of the molecule is Nc1ncnc2c1ncn2[C@H]1C[C@H](O)[C@@H](COP(=O)(O)CC(=O)O)O1. The number of nitrogens with two attached hydrogens (primary N) is 1. The summed E-state index contributed by atoms with van der Waals surface area (Å²) in [5.41, 5.74) is 6.53. The molecule has 3 heterocycles. The Morgan fingerprint density at radius 1 is 1.48 bits per heavy atom. The van der Waals surface area contributed by atoms with Crippen molar-refractivity contribution in [3.05, 3.63) is 12.7 Å². The van der Waals surface area contributed by atoms with Gasteiger partial charge < -0.3 is 30.1 Å². The van der Waals surface area contributed by atoms with E-state index in [2.05, 4.69) is 15.0 Å². The van der Waals surface area contributed by atoms with E-state index in [4.69, 9.17) is 20.1 Å². The first-order valence-corrected chi connectivity index (χ1v) is 8.98. The van der Waals surface area contributed by atoms with Crippen LogP contribution in [0.25, 0.3) is 11.2 Å². The number of hydrogen-bond acceptors (Lipinski definition) is 9. The van der Waals surface area contributed by atoms with Crippen LogP contribution in [0, 0.1) is 0 Å². The van der Waals surface area contributed by atoms with Gasteiger partial charge in [0, 0.05) is 6.42 Å². The molecule has 0 saturated carbocycles. The molecule has 0 spiro atoms. The zero-order valence-electron chi connectivity index (χ0n) is 12.8. The molecule has 136 valence electrons. The van der Waals surface area contributed by atoms with Gasteiger partial charge in [-0.1, -0.05) is 0 Å². The summed E-state index contributed by atoms with van der Waals surface area (Å²) in [7, 11) is -4.30. The molecule has 0 aromatic carbocycles. The van der Waals surface area contributed by atoms with E-state index in [0.29, 0.717) is 11.2 Å². The minimum absolute atomic E-state index is 0.165. The maximum absolute atomic E-state index is 11.6. The van der Waals surface area contributed by atoms with E-state index in [-0.39, 0.29) is 12.2 Å². The summed E-state index contributed by atoms with van der Waals surface area (Å²) in [6.45, 7) is -0.428. The Kier molecular flexibility index (Phi) is 4.71. The average molecular weight is 373 g/mol. The van der Waals surface area contributed by atoms with E-state index < -0.39 is 44.8 Å². The van der Waals surface area contributed by atoms with Gasteiger partial charge in [-0.05, 0) is 0 Å². The lowest BCUT2D eigenvalue weighted by atomic mass is 10.2. The van der Waals surface area contributed by atoms with Crippen LogP contribution < -0.4 is 5.73 Å². The average Bonchev–Trinajstić information content (AvgIpc) is 3.08. The number of aliphatic hydroxyl groups is 1. The number of nitrogens with zero attached hydrogens (tertiary/aromatic N) is 4. The minimum Gasteiger partial charge on any atom is -0.481 e. The molecule has 0 bridgehead atoms. The lowest BCUT2D eigenvalue weighted by Gasteiger charge is -2.17. The van der Waals surface area contributed by atoms with Crippen LogP contribution in [0.4, 0.5) is 5.82 Å². The third-order valence-corrected chi connectivity index (χ3v) is 4.90. The molecule has 0 radical (unpaired) electrons. The Hall–Kier alpha value is -2.11. The van der Waals surface area contributed by atoms with Gasteiger partial charge in [-0.25, -0.2) is 15.0 Å². The van der Waals surface area contributed by atoms with E-state index in [1.165, 1.54) is 12.7 Å². The van der Waals surface area contributed by atoms with Crippen molar-refractivity contribution in [1.82, 2.24) is 19.5 Å². The summed E-state index contributed by atoms with van der Waals surface area (Å²) in [5, 5.41) is 18.6. The van der Waals surface area contributed by atoms with Crippen LogP contribution in [0.1, 0.15) is 12.6 Å². The molecule has 4 atom stereocenters. The van der Waals surface area contributed by atoms with E-state index in [1.54, 1.807) is 4.57 Å². The Balaban J connectivity index is 1.70. The van der Waals surface area contributed by atoms with Crippen LogP contribution in [0.3, 0.4) is 0 Å². The highest BCUT2D eigenvalue weighted by atomic mass is 31.2. The number of aliphatic hydroxyl groups excluding tert-OH is 1. The molecule has 2 aromatic heterocycles. The van der Waals surface area contributed by atoms with Crippen LogP contribution in [-0.4, -0.2) is 65.6 Å². The highest BCUT2D eigenvalue weighted by Crippen LogP contribution is 2.42. The first-order valence-electron chi connectivity index (χ1n) is 7.21. The zero-order valence-corrected chi connectivity index (χ0v) is 13.7. The number of rotatable bonds is 6. The molecule has 13 heteroatoms. The molecule has 1 saturated heterocycles. The molecule has 0 aliphatic carbocycles. The van der Waals surface area contributed by atoms with E-state index >= 15 is 0 Å². The third kappa shape index (κ3) is 3.78. The number of aromatic nitrogens is 4. The van der Waals surface area contributed by atoms with E-state index in [9.17, 15) is 19.4 Å². The summed E-state index contributed by atoms with van der Waals surface area (Å²) in [6.07, 6.45) is -0.671. The van der Waals surface area contributed by atoms with Crippen molar-refractivity contribution < 1.29 is 33.7 Å². The van der Waals surface area contributed by atoms with Gasteiger partial charge in [0.1, 0.15) is 30.3 Å². The number of aliphatic carboxylic acids is 1. The van der Waals surface area contributed by atoms with Gasteiger partial charge in [-0.2, -0.15) is 0 Å². The smallest absolute Gasteiger partial charge is 0.339 e. The molecule has 1 fully saturated rings. The predicted octanol–water partition coefficient (Wildman–Crippen LogP) is -0.657. The number of imidazole rings is 1. The van der Waals surface area contributed by atoms with Crippen molar-refractivity contribution in [3.63, 3.8) is 0 Å². The summed E-state index contributed by atoms with van der Waals surface area (Å²) in [5.74, 6) is -1.25. The van der Waals surface area contributed by atoms with Crippen molar-refractivity contribution in [1.29, 1.82) is 0 Å². The molecule has 12 nitrogen and oxygen atoms in total. The number of carboxylic acid groups (broad SMARTS) is 1. The first kappa shape index (κ1) is 17.7. The maximum Gasteiger partial charge on any atom is 0.339 e. The lowest BCUT2D eigenvalue weighted by Crippen LogP contribution is -2.26. The number of carbonyl (C=O) groups is 1. The van der Waals surface area contributed by atoms with Gasteiger partial charge in [0.2, 0.25) is 0 Å². The van der Waals surface area contributed by atoms with Crippen LogP contribution in [0.2, 0.25) is 0 Å². The normalized spacial score (nSPS) is 25.9. The van der Waals surface area contributed by atoms with Gasteiger partial charge in [-0.15, -0.1) is 0 Å². The second kappa shape index (κ2) is 6.65. The molecular formula is C12H16N5O7P. The largest absolute Gasteiger partial charge is 0.481 e. The second-order valence-corrected chi connectivity index (χ2v) is 7.35. The molecule has 5 N–H and O–H groups in total. The summed E-state index contributed by atoms with van der Waals surface area (Å²) in [4.78, 5) is 31.9. The van der Waals surface area contributed by atoms with E-state index in [0.717, 1.165) is 0 Å². The molecule has 2 aromatic rings. The van der Waals surface area contributed by atoms with Crippen LogP contribution >= 0.6 is 7.60 Å². The van der Waals surface area contributed by atoms with Crippen molar-refractivity contribution in [2.45, 2.75) is 24.9 Å². The molecular weight excluding hydrogens is 357 g/mol. The van der Waals surface area contributed by atoms with Gasteiger partial charge in [0.05, 0.1) is 19.0 Å². The highest BCUT2D eigenvalue weighted by molar-refractivity contribution is 7.53. The number of fused-ring (bicyclic) bond motifs is 1. The second-order valence-electron chi connectivity index (χ2n) is 5.50. The number of anilines is 1. The number of carboxylic acids is 1. The molecule has 25 heavy (non-hydrogen) atoms. The number of ether oxygens (including phenoxy) is 1. The van der Waals surface area contributed by atoms with Crippen molar-refractivity contribution in [3.8, 4) is 0 Å². The number of nitrogen functional groups attached to an aromatic ring is 1. The highest BCUT2D eigenvalue weighted by Gasteiger charge is 2.37. The summed E-state index contributed by atoms with van der Waals surface area (Å²) >= 11 is 0. The Labute approximate surface area is 140 Å². The number of hydrogen-bond donors (Lipinski definition) is 4. The van der Waals surface area contributed by atoms with Crippen LogP contribution in [0.5, 0.6) is 0 Å². The third-order valence-electron chi connectivity index (χ3n) is 3.68. The zero-order chi connectivity index (χ0) is 18.2. The molecule has 3 rings (SSSR count). The fraction of sp³-hybridized carbons (Fsp3) is 0.500. The topological polar surface area (TPSA) is 183 Å². The standard InChI is InChI=1S/C12H16N5O7P/c13-11-10-12(15-4-14-11)17(5-16-10)8-1-6(18)7(24-8)2-23-25(21,22)3-9(19)20/h4-8,18H,1-3H2,(H,19,20)(H,21,22)(H2,13,14,15)/t6-,7+,8+/m0/s1. The van der Waals surface area contributed by atoms with Crippen LogP contribution in [-0.2, 0) is 18.6 Å². The summed E-state index contributed by atoms with van der Waals surface area (Å²) < 4.78 is 23.5. The van der Waals surface area contributed by atoms with Gasteiger partial charge >= 0.3 is 13.6 Å². The fourth-order valence-electron chi connectivity index (χ4n) is 2.52. The first-order chi connectivity index (χ1) is 11.8. The van der Waals surface area contributed by atoms with Crippen molar-refractivity contribution >= 4 is 30.5 Å². The van der Waals surface area contributed by atoms with E-state index in [1.807, 2.05) is 0 Å². The Morgan fingerprint density at radius 3 is 2.96 bits per heavy atom. The summed E-state index contributed by atoms with van der Waals surface area (Å²) in [6, 6.07) is 0. The minimum atomic E-state index is -4.30. The van der Waals surface area contributed by atoms with Crippen molar-refractivity contribution in [2.75, 3.05) is 18.5 Å².